The lowest BCUT2D eigenvalue weighted by Gasteiger charge is -2.34. The molecule has 0 amide bonds. The van der Waals surface area contributed by atoms with Crippen LogP contribution in [0.3, 0.4) is 0 Å². The van der Waals surface area contributed by atoms with Crippen molar-refractivity contribution in [3.63, 3.8) is 0 Å². The Morgan fingerprint density at radius 1 is 1.00 bits per heavy atom. The largest absolute Gasteiger partial charge is 0.313 e. The average Bonchev–Trinajstić information content (AvgIpc) is 3.17. The van der Waals surface area contributed by atoms with Gasteiger partial charge in [-0.1, -0.05) is 25.7 Å². The molecule has 0 aliphatic heterocycles. The summed E-state index contributed by atoms with van der Waals surface area (Å²) in [4.78, 5) is 0. The summed E-state index contributed by atoms with van der Waals surface area (Å²) in [5.41, 5.74) is 0. The maximum absolute atomic E-state index is 3.95. The van der Waals surface area contributed by atoms with Crippen LogP contribution in [0.5, 0.6) is 0 Å². The average molecular weight is 267 g/mol. The predicted molar refractivity (Wildman–Crippen MR) is 81.2 cm³/mol. The van der Waals surface area contributed by atoms with Crippen molar-refractivity contribution in [1.29, 1.82) is 0 Å². The summed E-state index contributed by atoms with van der Waals surface area (Å²) in [6, 6.07) is 0.842. The molecule has 3 saturated carbocycles. The molecule has 0 saturated heterocycles. The lowest BCUT2D eigenvalue weighted by atomic mass is 9.82. The van der Waals surface area contributed by atoms with E-state index in [9.17, 15) is 0 Å². The second-order valence-electron chi connectivity index (χ2n) is 6.94. The normalized spacial score (nSPS) is 35.8. The maximum atomic E-state index is 3.95. The summed E-state index contributed by atoms with van der Waals surface area (Å²) in [6.45, 7) is 1.27. The van der Waals surface area contributed by atoms with E-state index in [-0.39, 0.29) is 0 Å². The van der Waals surface area contributed by atoms with E-state index in [1.807, 2.05) is 0 Å². The van der Waals surface area contributed by atoms with Crippen molar-refractivity contribution in [3.05, 3.63) is 0 Å². The van der Waals surface area contributed by atoms with Crippen LogP contribution in [0.25, 0.3) is 0 Å². The molecule has 18 heavy (non-hydrogen) atoms. The fourth-order valence-electron chi connectivity index (χ4n) is 4.21. The molecule has 3 aliphatic carbocycles. The highest BCUT2D eigenvalue weighted by atomic mass is 32.2. The molecule has 1 nitrogen and oxygen atoms in total. The molecule has 0 bridgehead atoms. The van der Waals surface area contributed by atoms with Gasteiger partial charge in [-0.15, -0.1) is 0 Å². The second kappa shape index (κ2) is 5.75. The zero-order valence-electron chi connectivity index (χ0n) is 11.9. The first-order valence-corrected chi connectivity index (χ1v) is 9.32. The maximum Gasteiger partial charge on any atom is 0.0281 e. The van der Waals surface area contributed by atoms with E-state index >= 15 is 0 Å². The minimum atomic E-state index is 0.590. The Morgan fingerprint density at radius 3 is 2.44 bits per heavy atom. The number of hydrogen-bond acceptors (Lipinski definition) is 2. The van der Waals surface area contributed by atoms with E-state index in [0.717, 1.165) is 17.9 Å². The first-order chi connectivity index (χ1) is 8.81. The Bertz CT molecular complexity index is 268. The first-order valence-electron chi connectivity index (χ1n) is 8.10. The van der Waals surface area contributed by atoms with E-state index in [2.05, 4.69) is 23.3 Å². The first kappa shape index (κ1) is 13.3. The minimum absolute atomic E-state index is 0.590. The minimum Gasteiger partial charge on any atom is -0.313 e. The molecular weight excluding hydrogens is 238 g/mol. The molecule has 0 aromatic carbocycles. The lowest BCUT2D eigenvalue weighted by Crippen LogP contribution is -2.43. The Hall–Kier alpha value is 0.310. The van der Waals surface area contributed by atoms with Crippen LogP contribution in [-0.4, -0.2) is 23.6 Å². The van der Waals surface area contributed by atoms with Gasteiger partial charge in [-0.3, -0.25) is 0 Å². The van der Waals surface area contributed by atoms with Crippen molar-refractivity contribution in [2.24, 2.45) is 11.8 Å². The molecule has 2 heteroatoms. The van der Waals surface area contributed by atoms with Crippen LogP contribution in [0.4, 0.5) is 0 Å². The van der Waals surface area contributed by atoms with Gasteiger partial charge in [0.1, 0.15) is 0 Å². The van der Waals surface area contributed by atoms with E-state index in [4.69, 9.17) is 0 Å². The third-order valence-corrected chi connectivity index (χ3v) is 7.08. The van der Waals surface area contributed by atoms with Crippen molar-refractivity contribution in [3.8, 4) is 0 Å². The van der Waals surface area contributed by atoms with Gasteiger partial charge < -0.3 is 5.32 Å². The summed E-state index contributed by atoms with van der Waals surface area (Å²) in [5.74, 6) is 2.20. The molecule has 3 rings (SSSR count). The zero-order chi connectivity index (χ0) is 12.4. The summed E-state index contributed by atoms with van der Waals surface area (Å²) in [6.07, 6.45) is 17.1. The van der Waals surface area contributed by atoms with Crippen LogP contribution in [-0.2, 0) is 0 Å². The van der Waals surface area contributed by atoms with Gasteiger partial charge in [0.25, 0.3) is 0 Å². The van der Waals surface area contributed by atoms with Crippen molar-refractivity contribution in [2.45, 2.75) is 75.0 Å². The summed E-state index contributed by atoms with van der Waals surface area (Å²) >= 11 is 2.13. The molecule has 0 aromatic rings. The number of nitrogens with one attached hydrogen (secondary N) is 1. The van der Waals surface area contributed by atoms with Gasteiger partial charge in [0.15, 0.2) is 0 Å². The monoisotopic (exact) mass is 267 g/mol. The van der Waals surface area contributed by atoms with Gasteiger partial charge in [-0.05, 0) is 56.6 Å². The van der Waals surface area contributed by atoms with E-state index in [1.165, 1.54) is 70.8 Å². The molecule has 0 spiro atoms. The smallest absolute Gasteiger partial charge is 0.0281 e. The Morgan fingerprint density at radius 2 is 1.78 bits per heavy atom. The van der Waals surface area contributed by atoms with Gasteiger partial charge >= 0.3 is 0 Å². The summed E-state index contributed by atoms with van der Waals surface area (Å²) < 4.78 is 0.590. The number of rotatable bonds is 5. The van der Waals surface area contributed by atoms with Gasteiger partial charge in [0, 0.05) is 17.3 Å². The molecule has 2 unspecified atom stereocenters. The lowest BCUT2D eigenvalue weighted by molar-refractivity contribution is 0.256. The summed E-state index contributed by atoms with van der Waals surface area (Å²) in [7, 11) is 0. The number of hydrogen-bond donors (Lipinski definition) is 1. The van der Waals surface area contributed by atoms with E-state index in [1.54, 1.807) is 0 Å². The van der Waals surface area contributed by atoms with Gasteiger partial charge in [0.2, 0.25) is 0 Å². The molecule has 104 valence electrons. The van der Waals surface area contributed by atoms with Crippen LogP contribution in [0.1, 0.15) is 64.2 Å². The fraction of sp³-hybridized carbons (Fsp3) is 1.00. The van der Waals surface area contributed by atoms with Crippen molar-refractivity contribution in [2.75, 3.05) is 12.8 Å². The molecule has 3 aliphatic rings. The zero-order valence-corrected chi connectivity index (χ0v) is 12.7. The Balaban J connectivity index is 1.46. The van der Waals surface area contributed by atoms with Crippen LogP contribution >= 0.6 is 11.8 Å². The molecule has 2 atom stereocenters. The molecular formula is C16H29NS. The third kappa shape index (κ3) is 3.07. The molecule has 0 radical (unpaired) electrons. The second-order valence-corrected chi connectivity index (χ2v) is 8.21. The number of thioether (sulfide) groups is 1. The highest BCUT2D eigenvalue weighted by molar-refractivity contribution is 8.00. The van der Waals surface area contributed by atoms with E-state index < -0.39 is 0 Å². The molecule has 1 N–H and O–H groups in total. The summed E-state index contributed by atoms with van der Waals surface area (Å²) in [5, 5.41) is 3.95. The predicted octanol–water partition coefficient (Wildman–Crippen LogP) is 4.22. The van der Waals surface area contributed by atoms with E-state index in [0.29, 0.717) is 4.75 Å². The topological polar surface area (TPSA) is 12.0 Å². The standard InChI is InChI=1S/C16H29NS/c1-18-16(9-2-3-10-16)12-17-15-6-4-5-14(11-15)13-7-8-13/h13-15,17H,2-12H2,1H3. The van der Waals surface area contributed by atoms with Crippen LogP contribution in [0.2, 0.25) is 0 Å². The van der Waals surface area contributed by atoms with Crippen molar-refractivity contribution < 1.29 is 0 Å². The van der Waals surface area contributed by atoms with Crippen LogP contribution in [0, 0.1) is 11.8 Å². The Kier molecular flexibility index (Phi) is 4.25. The quantitative estimate of drug-likeness (QED) is 0.800. The van der Waals surface area contributed by atoms with Crippen LogP contribution < -0.4 is 5.32 Å². The molecule has 3 fully saturated rings. The highest BCUT2D eigenvalue weighted by Gasteiger charge is 2.36. The van der Waals surface area contributed by atoms with Crippen LogP contribution in [0.15, 0.2) is 0 Å². The van der Waals surface area contributed by atoms with Crippen molar-refractivity contribution >= 4 is 11.8 Å². The molecule has 0 aromatic heterocycles. The highest BCUT2D eigenvalue weighted by Crippen LogP contribution is 2.44. The van der Waals surface area contributed by atoms with Gasteiger partial charge in [0.05, 0.1) is 0 Å². The van der Waals surface area contributed by atoms with Gasteiger partial charge in [-0.25, -0.2) is 0 Å². The molecule has 0 heterocycles. The SMILES string of the molecule is CSC1(CNC2CCCC(C3CC3)C2)CCCC1. The third-order valence-electron chi connectivity index (χ3n) is 5.66. The Labute approximate surface area is 117 Å². The van der Waals surface area contributed by atoms with Gasteiger partial charge in [-0.2, -0.15) is 11.8 Å². The van der Waals surface area contributed by atoms with Crippen molar-refractivity contribution in [1.82, 2.24) is 5.32 Å². The fourth-order valence-corrected chi connectivity index (χ4v) is 5.14.